The summed E-state index contributed by atoms with van der Waals surface area (Å²) >= 11 is 12.2. The van der Waals surface area contributed by atoms with E-state index < -0.39 is 4.92 Å². The number of nitrogens with one attached hydrogen (secondary N) is 1. The van der Waals surface area contributed by atoms with Crippen LogP contribution in [0.3, 0.4) is 0 Å². The van der Waals surface area contributed by atoms with Crippen molar-refractivity contribution in [1.29, 1.82) is 0 Å². The fraction of sp³-hybridized carbons (Fsp3) is 0. The number of hydrogen-bond acceptors (Lipinski definition) is 5. The lowest BCUT2D eigenvalue weighted by Gasteiger charge is -2.02. The Labute approximate surface area is 152 Å². The Kier molecular flexibility index (Phi) is 5.02. The van der Waals surface area contributed by atoms with E-state index in [0.29, 0.717) is 32.8 Å². The number of nitro benzene ring substituents is 1. The van der Waals surface area contributed by atoms with Crippen LogP contribution in [0.2, 0.25) is 10.0 Å². The Morgan fingerprint density at radius 3 is 2.56 bits per heavy atom. The van der Waals surface area contributed by atoms with E-state index in [2.05, 4.69) is 10.5 Å². The average molecular weight is 376 g/mol. The van der Waals surface area contributed by atoms with E-state index in [4.69, 9.17) is 27.6 Å². The van der Waals surface area contributed by atoms with E-state index in [-0.39, 0.29) is 5.69 Å². The molecule has 126 valence electrons. The second-order valence-corrected chi connectivity index (χ2v) is 5.76. The van der Waals surface area contributed by atoms with Crippen molar-refractivity contribution in [3.05, 3.63) is 80.5 Å². The zero-order chi connectivity index (χ0) is 17.8. The molecule has 0 spiro atoms. The second-order valence-electron chi connectivity index (χ2n) is 4.98. The third-order valence-electron chi connectivity index (χ3n) is 3.31. The first-order valence-electron chi connectivity index (χ1n) is 7.12. The van der Waals surface area contributed by atoms with Gasteiger partial charge in [0.25, 0.3) is 5.69 Å². The first kappa shape index (κ1) is 17.0. The number of hydrazone groups is 1. The molecule has 0 radical (unpaired) electrons. The van der Waals surface area contributed by atoms with Gasteiger partial charge in [0.1, 0.15) is 11.5 Å². The molecular formula is C17H11Cl2N3O3. The lowest BCUT2D eigenvalue weighted by molar-refractivity contribution is -0.384. The molecule has 2 aromatic carbocycles. The summed E-state index contributed by atoms with van der Waals surface area (Å²) in [5.74, 6) is 1.09. The second kappa shape index (κ2) is 7.38. The number of anilines is 1. The number of nitrogens with zero attached hydrogens (tertiary/aromatic N) is 2. The van der Waals surface area contributed by atoms with E-state index >= 15 is 0 Å². The van der Waals surface area contributed by atoms with E-state index in [9.17, 15) is 10.1 Å². The summed E-state index contributed by atoms with van der Waals surface area (Å²) in [4.78, 5) is 10.1. The number of hydrogen-bond donors (Lipinski definition) is 1. The molecule has 0 aliphatic rings. The van der Waals surface area contributed by atoms with Crippen LogP contribution in [0.25, 0.3) is 11.3 Å². The Bertz CT molecular complexity index is 937. The minimum atomic E-state index is -0.460. The fourth-order valence-electron chi connectivity index (χ4n) is 2.09. The smallest absolute Gasteiger partial charge is 0.269 e. The van der Waals surface area contributed by atoms with Gasteiger partial charge in [-0.1, -0.05) is 29.3 Å². The first-order chi connectivity index (χ1) is 12.0. The largest absolute Gasteiger partial charge is 0.455 e. The standard InChI is InChI=1S/C17H11Cl2N3O3/c18-15-3-1-2-14(17(15)19)16-9-8-13(25-16)10-20-21-11-4-6-12(7-5-11)22(23)24/h1-10,21H/b20-10-. The van der Waals surface area contributed by atoms with Gasteiger partial charge in [0.05, 0.1) is 26.9 Å². The van der Waals surface area contributed by atoms with Gasteiger partial charge in [-0.15, -0.1) is 0 Å². The number of benzene rings is 2. The predicted octanol–water partition coefficient (Wildman–Crippen LogP) is 5.61. The molecule has 3 rings (SSSR count). The quantitative estimate of drug-likeness (QED) is 0.357. The van der Waals surface area contributed by atoms with Crippen LogP contribution < -0.4 is 5.43 Å². The number of halogens is 2. The summed E-state index contributed by atoms with van der Waals surface area (Å²) in [5, 5.41) is 15.5. The zero-order valence-corrected chi connectivity index (χ0v) is 14.2. The first-order valence-corrected chi connectivity index (χ1v) is 7.88. The molecule has 1 aromatic heterocycles. The Morgan fingerprint density at radius 2 is 1.84 bits per heavy atom. The normalized spacial score (nSPS) is 11.0. The van der Waals surface area contributed by atoms with E-state index in [0.717, 1.165) is 0 Å². The number of nitro groups is 1. The Morgan fingerprint density at radius 1 is 1.08 bits per heavy atom. The molecule has 0 fully saturated rings. The van der Waals surface area contributed by atoms with Crippen molar-refractivity contribution in [3.63, 3.8) is 0 Å². The molecule has 0 aliphatic carbocycles. The van der Waals surface area contributed by atoms with Gasteiger partial charge in [0.15, 0.2) is 0 Å². The van der Waals surface area contributed by atoms with Crippen LogP contribution >= 0.6 is 23.2 Å². The summed E-state index contributed by atoms with van der Waals surface area (Å²) < 4.78 is 5.67. The summed E-state index contributed by atoms with van der Waals surface area (Å²) in [6, 6.07) is 14.7. The molecule has 8 heteroatoms. The monoisotopic (exact) mass is 375 g/mol. The summed E-state index contributed by atoms with van der Waals surface area (Å²) in [6.45, 7) is 0. The lowest BCUT2D eigenvalue weighted by Crippen LogP contribution is -1.91. The molecule has 0 amide bonds. The van der Waals surface area contributed by atoms with Crippen molar-refractivity contribution in [1.82, 2.24) is 0 Å². The van der Waals surface area contributed by atoms with Gasteiger partial charge in [-0.3, -0.25) is 15.5 Å². The van der Waals surface area contributed by atoms with Crippen LogP contribution in [-0.2, 0) is 0 Å². The van der Waals surface area contributed by atoms with Crippen LogP contribution in [0, 0.1) is 10.1 Å². The number of rotatable bonds is 5. The van der Waals surface area contributed by atoms with Crippen LogP contribution in [0.4, 0.5) is 11.4 Å². The topological polar surface area (TPSA) is 80.7 Å². The maximum Gasteiger partial charge on any atom is 0.269 e. The number of non-ortho nitro benzene ring substituents is 1. The minimum absolute atomic E-state index is 0.0172. The molecular weight excluding hydrogens is 365 g/mol. The van der Waals surface area contributed by atoms with Gasteiger partial charge in [0.2, 0.25) is 0 Å². The maximum absolute atomic E-state index is 10.6. The highest BCUT2D eigenvalue weighted by atomic mass is 35.5. The van der Waals surface area contributed by atoms with E-state index in [1.165, 1.54) is 18.3 Å². The van der Waals surface area contributed by atoms with Crippen LogP contribution in [0.15, 0.2) is 64.1 Å². The molecule has 6 nitrogen and oxygen atoms in total. The van der Waals surface area contributed by atoms with Gasteiger partial charge in [-0.2, -0.15) is 5.10 Å². The molecule has 1 N–H and O–H groups in total. The van der Waals surface area contributed by atoms with Crippen molar-refractivity contribution in [2.24, 2.45) is 5.10 Å². The summed E-state index contributed by atoms with van der Waals surface area (Å²) in [5.41, 5.74) is 4.09. The van der Waals surface area contributed by atoms with Gasteiger partial charge in [-0.05, 0) is 36.4 Å². The van der Waals surface area contributed by atoms with Crippen molar-refractivity contribution in [3.8, 4) is 11.3 Å². The maximum atomic E-state index is 10.6. The van der Waals surface area contributed by atoms with Crippen molar-refractivity contribution in [2.45, 2.75) is 0 Å². The number of furan rings is 1. The Balaban J connectivity index is 1.70. The van der Waals surface area contributed by atoms with Gasteiger partial charge in [-0.25, -0.2) is 0 Å². The SMILES string of the molecule is O=[N+]([O-])c1ccc(N/N=C\c2ccc(-c3cccc(Cl)c3Cl)o2)cc1. The van der Waals surface area contributed by atoms with Gasteiger partial charge in [0, 0.05) is 17.7 Å². The molecule has 1 heterocycles. The van der Waals surface area contributed by atoms with E-state index in [1.54, 1.807) is 36.4 Å². The third kappa shape index (κ3) is 3.99. The molecule has 3 aromatic rings. The summed E-state index contributed by atoms with van der Waals surface area (Å²) in [6.07, 6.45) is 1.49. The fourth-order valence-corrected chi connectivity index (χ4v) is 2.48. The Hall–Kier alpha value is -2.83. The molecule has 0 saturated heterocycles. The third-order valence-corrected chi connectivity index (χ3v) is 4.13. The molecule has 25 heavy (non-hydrogen) atoms. The highest BCUT2D eigenvalue weighted by Gasteiger charge is 2.10. The lowest BCUT2D eigenvalue weighted by atomic mass is 10.2. The van der Waals surface area contributed by atoms with Gasteiger partial charge >= 0.3 is 0 Å². The van der Waals surface area contributed by atoms with Gasteiger partial charge < -0.3 is 4.42 Å². The van der Waals surface area contributed by atoms with E-state index in [1.807, 2.05) is 6.07 Å². The average Bonchev–Trinajstić information content (AvgIpc) is 3.06. The zero-order valence-electron chi connectivity index (χ0n) is 12.6. The van der Waals surface area contributed by atoms with Crippen LogP contribution in [0.1, 0.15) is 5.76 Å². The van der Waals surface area contributed by atoms with Crippen molar-refractivity contribution < 1.29 is 9.34 Å². The summed E-state index contributed by atoms with van der Waals surface area (Å²) in [7, 11) is 0. The van der Waals surface area contributed by atoms with Crippen molar-refractivity contribution >= 4 is 40.8 Å². The van der Waals surface area contributed by atoms with Crippen LogP contribution in [-0.4, -0.2) is 11.1 Å². The van der Waals surface area contributed by atoms with Crippen LogP contribution in [0.5, 0.6) is 0 Å². The molecule has 0 unspecified atom stereocenters. The molecule has 0 atom stereocenters. The minimum Gasteiger partial charge on any atom is -0.455 e. The predicted molar refractivity (Wildman–Crippen MR) is 98.5 cm³/mol. The highest BCUT2D eigenvalue weighted by molar-refractivity contribution is 6.43. The molecule has 0 bridgehead atoms. The van der Waals surface area contributed by atoms with Crippen molar-refractivity contribution in [2.75, 3.05) is 5.43 Å². The highest BCUT2D eigenvalue weighted by Crippen LogP contribution is 2.34. The molecule has 0 saturated carbocycles. The molecule has 0 aliphatic heterocycles.